The molecule has 0 unspecified atom stereocenters. The predicted molar refractivity (Wildman–Crippen MR) is 46.4 cm³/mol. The van der Waals surface area contributed by atoms with Crippen LogP contribution in [0.2, 0.25) is 0 Å². The Labute approximate surface area is 83.2 Å². The molecule has 0 amide bonds. The number of rotatable bonds is 1. The largest absolute Gasteiger partial charge is 0.433 e. The molecule has 0 saturated heterocycles. The van der Waals surface area contributed by atoms with E-state index in [0.29, 0.717) is 0 Å². The van der Waals surface area contributed by atoms with Crippen LogP contribution in [0.25, 0.3) is 5.82 Å². The van der Waals surface area contributed by atoms with Gasteiger partial charge in [-0.25, -0.2) is 9.97 Å². The highest BCUT2D eigenvalue weighted by Gasteiger charge is 2.35. The van der Waals surface area contributed by atoms with Gasteiger partial charge in [-0.1, -0.05) is 6.07 Å². The third-order valence-electron chi connectivity index (χ3n) is 1.83. The van der Waals surface area contributed by atoms with Crippen molar-refractivity contribution in [2.24, 2.45) is 0 Å². The molecule has 15 heavy (non-hydrogen) atoms. The zero-order valence-corrected chi connectivity index (χ0v) is 7.44. The topological polar surface area (TPSA) is 30.7 Å². The van der Waals surface area contributed by atoms with Crippen molar-refractivity contribution in [2.75, 3.05) is 0 Å². The first kappa shape index (κ1) is 9.70. The summed E-state index contributed by atoms with van der Waals surface area (Å²) in [6.45, 7) is 0. The van der Waals surface area contributed by atoms with E-state index >= 15 is 0 Å². The number of nitrogens with zero attached hydrogens (tertiary/aromatic N) is 3. The van der Waals surface area contributed by atoms with Gasteiger partial charge in [0.05, 0.1) is 6.20 Å². The van der Waals surface area contributed by atoms with Crippen LogP contribution in [0.1, 0.15) is 5.69 Å². The van der Waals surface area contributed by atoms with Gasteiger partial charge in [0.25, 0.3) is 0 Å². The van der Waals surface area contributed by atoms with Crippen LogP contribution in [-0.2, 0) is 6.18 Å². The zero-order valence-electron chi connectivity index (χ0n) is 7.44. The molecule has 78 valence electrons. The van der Waals surface area contributed by atoms with Crippen LogP contribution in [0.15, 0.2) is 36.9 Å². The Morgan fingerprint density at radius 3 is 2.60 bits per heavy atom. The fraction of sp³-hybridized carbons (Fsp3) is 0.111. The molecule has 0 N–H and O–H groups in total. The van der Waals surface area contributed by atoms with Crippen molar-refractivity contribution in [3.8, 4) is 5.82 Å². The fourth-order valence-corrected chi connectivity index (χ4v) is 1.18. The molecule has 0 aromatic carbocycles. The molecule has 0 radical (unpaired) electrons. The van der Waals surface area contributed by atoms with E-state index in [4.69, 9.17) is 0 Å². The second kappa shape index (κ2) is 3.38. The molecule has 2 rings (SSSR count). The summed E-state index contributed by atoms with van der Waals surface area (Å²) in [6, 6.07) is 4.73. The van der Waals surface area contributed by atoms with Crippen molar-refractivity contribution >= 4 is 0 Å². The van der Waals surface area contributed by atoms with Crippen LogP contribution in [0.4, 0.5) is 13.2 Å². The number of pyridine rings is 1. The molecule has 0 spiro atoms. The van der Waals surface area contributed by atoms with E-state index in [-0.39, 0.29) is 5.82 Å². The van der Waals surface area contributed by atoms with Crippen molar-refractivity contribution in [3.05, 3.63) is 42.6 Å². The molecule has 0 aliphatic rings. The lowest BCUT2D eigenvalue weighted by Gasteiger charge is -2.09. The second-order valence-electron chi connectivity index (χ2n) is 2.83. The minimum absolute atomic E-state index is 0.197. The van der Waals surface area contributed by atoms with Crippen molar-refractivity contribution < 1.29 is 13.2 Å². The molecule has 0 aliphatic carbocycles. The normalized spacial score (nSPS) is 11.7. The number of alkyl halides is 3. The molecule has 2 aromatic heterocycles. The van der Waals surface area contributed by atoms with Crippen LogP contribution >= 0.6 is 0 Å². The summed E-state index contributed by atoms with van der Waals surface area (Å²) in [4.78, 5) is 7.29. The van der Waals surface area contributed by atoms with E-state index < -0.39 is 11.9 Å². The summed E-state index contributed by atoms with van der Waals surface area (Å²) in [7, 11) is 0. The van der Waals surface area contributed by atoms with Crippen LogP contribution in [0.3, 0.4) is 0 Å². The number of halogens is 3. The van der Waals surface area contributed by atoms with Crippen molar-refractivity contribution in [2.45, 2.75) is 6.18 Å². The van der Waals surface area contributed by atoms with Gasteiger partial charge >= 0.3 is 6.18 Å². The first-order chi connectivity index (χ1) is 7.09. The summed E-state index contributed by atoms with van der Waals surface area (Å²) >= 11 is 0. The van der Waals surface area contributed by atoms with E-state index in [9.17, 15) is 13.2 Å². The lowest BCUT2D eigenvalue weighted by Crippen LogP contribution is -2.12. The van der Waals surface area contributed by atoms with Gasteiger partial charge in [-0.05, 0) is 12.1 Å². The maximum atomic E-state index is 12.5. The number of hydrogen-bond donors (Lipinski definition) is 0. The first-order valence-corrected chi connectivity index (χ1v) is 4.10. The molecule has 6 heteroatoms. The average Bonchev–Trinajstić information content (AvgIpc) is 2.67. The quantitative estimate of drug-likeness (QED) is 0.727. The van der Waals surface area contributed by atoms with Gasteiger partial charge in [0, 0.05) is 6.20 Å². The Morgan fingerprint density at radius 1 is 1.20 bits per heavy atom. The van der Waals surface area contributed by atoms with Gasteiger partial charge in [0.1, 0.15) is 17.8 Å². The summed E-state index contributed by atoms with van der Waals surface area (Å²) in [5, 5.41) is 0. The fourth-order valence-electron chi connectivity index (χ4n) is 1.18. The Bertz CT molecular complexity index is 447. The lowest BCUT2D eigenvalue weighted by atomic mass is 10.4. The van der Waals surface area contributed by atoms with Crippen molar-refractivity contribution in [1.29, 1.82) is 0 Å². The van der Waals surface area contributed by atoms with Gasteiger partial charge in [0.15, 0.2) is 0 Å². The summed E-state index contributed by atoms with van der Waals surface area (Å²) in [5.74, 6) is 0.197. The maximum Gasteiger partial charge on any atom is 0.433 e. The summed E-state index contributed by atoms with van der Waals surface area (Å²) < 4.78 is 38.3. The van der Waals surface area contributed by atoms with Crippen LogP contribution in [0, 0.1) is 0 Å². The molecular formula is C9H6F3N3. The molecule has 0 bridgehead atoms. The third-order valence-corrected chi connectivity index (χ3v) is 1.83. The Balaban J connectivity index is 2.51. The van der Waals surface area contributed by atoms with E-state index in [1.807, 2.05) is 0 Å². The van der Waals surface area contributed by atoms with Crippen molar-refractivity contribution in [1.82, 2.24) is 14.5 Å². The second-order valence-corrected chi connectivity index (χ2v) is 2.83. The number of imidazole rings is 1. The number of aromatic nitrogens is 3. The molecule has 0 atom stereocenters. The summed E-state index contributed by atoms with van der Waals surface area (Å²) in [6.07, 6.45) is -1.14. The number of hydrogen-bond acceptors (Lipinski definition) is 2. The Kier molecular flexibility index (Phi) is 2.18. The van der Waals surface area contributed by atoms with E-state index in [1.165, 1.54) is 12.3 Å². The highest BCUT2D eigenvalue weighted by atomic mass is 19.4. The monoisotopic (exact) mass is 213 g/mol. The van der Waals surface area contributed by atoms with Crippen LogP contribution in [-0.4, -0.2) is 14.5 Å². The minimum Gasteiger partial charge on any atom is -0.279 e. The van der Waals surface area contributed by atoms with Crippen LogP contribution < -0.4 is 0 Å². The van der Waals surface area contributed by atoms with Gasteiger partial charge in [-0.3, -0.25) is 4.57 Å². The Morgan fingerprint density at radius 2 is 2.00 bits per heavy atom. The minimum atomic E-state index is -4.42. The molecule has 0 aliphatic heterocycles. The SMILES string of the molecule is FC(F)(F)c1cncn1-c1ccccn1. The molecule has 0 fully saturated rings. The van der Waals surface area contributed by atoms with Crippen molar-refractivity contribution in [3.63, 3.8) is 0 Å². The highest BCUT2D eigenvalue weighted by molar-refractivity contribution is 5.25. The molecule has 2 heterocycles. The van der Waals surface area contributed by atoms with Gasteiger partial charge < -0.3 is 0 Å². The van der Waals surface area contributed by atoms with E-state index in [2.05, 4.69) is 9.97 Å². The maximum absolute atomic E-state index is 12.5. The molecular weight excluding hydrogens is 207 g/mol. The molecule has 2 aromatic rings. The standard InChI is InChI=1S/C9H6F3N3/c10-9(11,12)7-5-13-6-15(7)8-3-1-2-4-14-8/h1-6H. The molecule has 0 saturated carbocycles. The first-order valence-electron chi connectivity index (χ1n) is 4.10. The van der Waals surface area contributed by atoms with E-state index in [1.54, 1.807) is 12.1 Å². The van der Waals surface area contributed by atoms with Gasteiger partial charge in [-0.15, -0.1) is 0 Å². The van der Waals surface area contributed by atoms with E-state index in [0.717, 1.165) is 17.1 Å². The highest BCUT2D eigenvalue weighted by Crippen LogP contribution is 2.29. The average molecular weight is 213 g/mol. The van der Waals surface area contributed by atoms with Gasteiger partial charge in [-0.2, -0.15) is 13.2 Å². The lowest BCUT2D eigenvalue weighted by molar-refractivity contribution is -0.142. The Hall–Kier alpha value is -1.85. The van der Waals surface area contributed by atoms with Gasteiger partial charge in [0.2, 0.25) is 0 Å². The van der Waals surface area contributed by atoms with Crippen LogP contribution in [0.5, 0.6) is 0 Å². The third kappa shape index (κ3) is 1.83. The smallest absolute Gasteiger partial charge is 0.279 e. The molecule has 3 nitrogen and oxygen atoms in total. The predicted octanol–water partition coefficient (Wildman–Crippen LogP) is 2.29. The zero-order chi connectivity index (χ0) is 10.9. The summed E-state index contributed by atoms with van der Waals surface area (Å²) in [5.41, 5.74) is -0.832.